The number of aromatic nitrogens is 5. The quantitative estimate of drug-likeness (QED) is 0.354. The topological polar surface area (TPSA) is 110 Å². The van der Waals surface area contributed by atoms with E-state index in [1.807, 2.05) is 11.8 Å². The molecule has 2 amide bonds. The molecule has 41 heavy (non-hydrogen) atoms. The number of halogens is 3. The number of aryl methyl sites for hydroxylation is 1. The van der Waals surface area contributed by atoms with Crippen LogP contribution in [-0.2, 0) is 11.3 Å². The standard InChI is InChI=1S/C27H27ClF2N8O3/c1-15-6-31-25-20(7-32-38(25)8-15)26(40)33-21-13-37(14-23(39)36-11-16-9-35(2)10-17(16)12-36)34-24(21)19-5-18(28)3-4-22(19)41-27(29)30/h3-8,13,16-17,27H,9-12,14H2,1-2H3,(H,33,40). The minimum absolute atomic E-state index is 0.0959. The molecule has 2 aliphatic rings. The minimum Gasteiger partial charge on any atom is -0.434 e. The first-order valence-corrected chi connectivity index (χ1v) is 13.4. The molecule has 0 spiro atoms. The number of fused-ring (bicyclic) bond motifs is 2. The van der Waals surface area contributed by atoms with Crippen LogP contribution in [0.15, 0.2) is 43.0 Å². The van der Waals surface area contributed by atoms with Gasteiger partial charge in [-0.1, -0.05) is 11.6 Å². The van der Waals surface area contributed by atoms with Crippen LogP contribution >= 0.6 is 11.6 Å². The van der Waals surface area contributed by atoms with Crippen LogP contribution in [0.3, 0.4) is 0 Å². The van der Waals surface area contributed by atoms with Gasteiger partial charge in [-0.2, -0.15) is 19.0 Å². The van der Waals surface area contributed by atoms with Gasteiger partial charge in [0, 0.05) is 55.4 Å². The number of carbonyl (C=O) groups excluding carboxylic acids is 2. The van der Waals surface area contributed by atoms with Crippen molar-refractivity contribution >= 4 is 34.7 Å². The summed E-state index contributed by atoms with van der Waals surface area (Å²) in [5.74, 6) is 0.0391. The molecule has 6 rings (SSSR count). The van der Waals surface area contributed by atoms with Gasteiger partial charge < -0.3 is 19.9 Å². The summed E-state index contributed by atoms with van der Waals surface area (Å²) in [4.78, 5) is 35.0. The van der Waals surface area contributed by atoms with E-state index in [-0.39, 0.29) is 45.7 Å². The van der Waals surface area contributed by atoms with Crippen LogP contribution in [0.1, 0.15) is 15.9 Å². The number of carbonyl (C=O) groups is 2. The van der Waals surface area contributed by atoms with E-state index in [0.717, 1.165) is 18.7 Å². The van der Waals surface area contributed by atoms with Crippen molar-refractivity contribution in [1.29, 1.82) is 0 Å². The molecule has 1 N–H and O–H groups in total. The maximum Gasteiger partial charge on any atom is 0.387 e. The van der Waals surface area contributed by atoms with Gasteiger partial charge >= 0.3 is 6.61 Å². The highest BCUT2D eigenvalue weighted by atomic mass is 35.5. The number of hydrogen-bond acceptors (Lipinski definition) is 7. The van der Waals surface area contributed by atoms with Crippen molar-refractivity contribution in [2.24, 2.45) is 11.8 Å². The summed E-state index contributed by atoms with van der Waals surface area (Å²) in [5.41, 5.74) is 1.82. The number of rotatable bonds is 7. The Bertz CT molecular complexity index is 1630. The highest BCUT2D eigenvalue weighted by molar-refractivity contribution is 6.31. The first-order valence-electron chi connectivity index (χ1n) is 13.0. The number of amides is 2. The van der Waals surface area contributed by atoms with E-state index in [9.17, 15) is 18.4 Å². The monoisotopic (exact) mass is 584 g/mol. The Hall–Kier alpha value is -4.10. The SMILES string of the molecule is Cc1cnc2c(C(=O)Nc3cn(CC(=O)N4CC5CN(C)CC5C4)nc3-c3cc(Cl)ccc3OC(F)F)cnn2c1. The maximum atomic E-state index is 13.4. The zero-order valence-electron chi connectivity index (χ0n) is 22.3. The molecule has 3 aromatic heterocycles. The average molecular weight is 585 g/mol. The van der Waals surface area contributed by atoms with Gasteiger partial charge in [0.05, 0.1) is 11.9 Å². The molecular formula is C27H27ClF2N8O3. The smallest absolute Gasteiger partial charge is 0.387 e. The first kappa shape index (κ1) is 27.1. The van der Waals surface area contributed by atoms with Crippen LogP contribution in [0.4, 0.5) is 14.5 Å². The fourth-order valence-electron chi connectivity index (χ4n) is 5.67. The van der Waals surface area contributed by atoms with E-state index >= 15 is 0 Å². The Morgan fingerprint density at radius 3 is 2.63 bits per heavy atom. The number of anilines is 1. The van der Waals surface area contributed by atoms with Crippen LogP contribution in [0.5, 0.6) is 5.75 Å². The number of benzene rings is 1. The van der Waals surface area contributed by atoms with Crippen molar-refractivity contribution in [3.8, 4) is 17.0 Å². The lowest BCUT2D eigenvalue weighted by molar-refractivity contribution is -0.131. The Labute approximate surface area is 238 Å². The third-order valence-corrected chi connectivity index (χ3v) is 7.71. The molecule has 14 heteroatoms. The molecule has 2 aliphatic heterocycles. The lowest BCUT2D eigenvalue weighted by Crippen LogP contribution is -2.34. The van der Waals surface area contributed by atoms with E-state index < -0.39 is 12.5 Å². The van der Waals surface area contributed by atoms with Crippen molar-refractivity contribution in [1.82, 2.24) is 34.2 Å². The second kappa shape index (κ2) is 10.7. The minimum atomic E-state index is -3.10. The van der Waals surface area contributed by atoms with Gasteiger partial charge in [-0.05, 0) is 49.6 Å². The molecule has 0 saturated carbocycles. The van der Waals surface area contributed by atoms with Crippen LogP contribution < -0.4 is 10.1 Å². The number of ether oxygens (including phenoxy) is 1. The van der Waals surface area contributed by atoms with Crippen LogP contribution in [0, 0.1) is 18.8 Å². The first-order chi connectivity index (χ1) is 19.6. The van der Waals surface area contributed by atoms with Gasteiger partial charge in [0.2, 0.25) is 5.91 Å². The van der Waals surface area contributed by atoms with Crippen LogP contribution in [0.2, 0.25) is 5.02 Å². The summed E-state index contributed by atoms with van der Waals surface area (Å²) in [5, 5.41) is 11.8. The molecule has 0 radical (unpaired) electrons. The van der Waals surface area contributed by atoms with E-state index in [2.05, 4.69) is 32.4 Å². The molecule has 2 saturated heterocycles. The lowest BCUT2D eigenvalue weighted by atomic mass is 10.0. The second-order valence-electron chi connectivity index (χ2n) is 10.6. The van der Waals surface area contributed by atoms with E-state index in [1.165, 1.54) is 39.8 Å². The van der Waals surface area contributed by atoms with Crippen molar-refractivity contribution < 1.29 is 23.1 Å². The summed E-state index contributed by atoms with van der Waals surface area (Å²) in [6.07, 6.45) is 6.23. The molecule has 0 bridgehead atoms. The number of alkyl halides is 2. The molecule has 2 fully saturated rings. The second-order valence-corrected chi connectivity index (χ2v) is 11.0. The third-order valence-electron chi connectivity index (χ3n) is 7.47. The summed E-state index contributed by atoms with van der Waals surface area (Å²) in [6.45, 7) is 1.92. The number of hydrogen-bond donors (Lipinski definition) is 1. The molecule has 2 unspecified atom stereocenters. The van der Waals surface area contributed by atoms with Crippen molar-refractivity contribution in [3.63, 3.8) is 0 Å². The van der Waals surface area contributed by atoms with Gasteiger partial charge in [-0.3, -0.25) is 14.3 Å². The van der Waals surface area contributed by atoms with E-state index in [1.54, 1.807) is 12.4 Å². The Morgan fingerprint density at radius 1 is 1.15 bits per heavy atom. The molecule has 214 valence electrons. The van der Waals surface area contributed by atoms with E-state index in [4.69, 9.17) is 16.3 Å². The normalized spacial score (nSPS) is 18.8. The largest absolute Gasteiger partial charge is 0.434 e. The van der Waals surface area contributed by atoms with Crippen molar-refractivity contribution in [3.05, 3.63) is 59.1 Å². The Kier molecular flexibility index (Phi) is 7.08. The summed E-state index contributed by atoms with van der Waals surface area (Å²) < 4.78 is 34.1. The third kappa shape index (κ3) is 5.46. The van der Waals surface area contributed by atoms with Gasteiger partial charge in [0.1, 0.15) is 23.6 Å². The van der Waals surface area contributed by atoms with Crippen LogP contribution in [0.25, 0.3) is 16.9 Å². The summed E-state index contributed by atoms with van der Waals surface area (Å²) in [6, 6.07) is 4.13. The summed E-state index contributed by atoms with van der Waals surface area (Å²) in [7, 11) is 2.08. The van der Waals surface area contributed by atoms with E-state index in [0.29, 0.717) is 30.6 Å². The van der Waals surface area contributed by atoms with Gasteiger partial charge in [-0.15, -0.1) is 0 Å². The maximum absolute atomic E-state index is 13.4. The fourth-order valence-corrected chi connectivity index (χ4v) is 5.84. The van der Waals surface area contributed by atoms with Gasteiger partial charge in [-0.25, -0.2) is 9.50 Å². The van der Waals surface area contributed by atoms with Crippen molar-refractivity contribution in [2.45, 2.75) is 20.1 Å². The fraction of sp³-hybridized carbons (Fsp3) is 0.370. The predicted octanol–water partition coefficient (Wildman–Crippen LogP) is 3.43. The molecular weight excluding hydrogens is 558 g/mol. The molecule has 0 aliphatic carbocycles. The predicted molar refractivity (Wildman–Crippen MR) is 146 cm³/mol. The molecule has 5 heterocycles. The van der Waals surface area contributed by atoms with Crippen LogP contribution in [-0.4, -0.2) is 85.8 Å². The molecule has 4 aromatic rings. The van der Waals surface area contributed by atoms with Gasteiger partial charge in [0.15, 0.2) is 5.65 Å². The Balaban J connectivity index is 1.32. The zero-order chi connectivity index (χ0) is 28.8. The average Bonchev–Trinajstić information content (AvgIpc) is 3.67. The highest BCUT2D eigenvalue weighted by Crippen LogP contribution is 2.37. The lowest BCUT2D eigenvalue weighted by Gasteiger charge is -2.19. The molecule has 1 aromatic carbocycles. The Morgan fingerprint density at radius 2 is 1.90 bits per heavy atom. The number of nitrogens with one attached hydrogen (secondary N) is 1. The molecule has 11 nitrogen and oxygen atoms in total. The number of likely N-dealkylation sites (tertiary alicyclic amines) is 2. The molecule has 2 atom stereocenters. The summed E-state index contributed by atoms with van der Waals surface area (Å²) >= 11 is 6.21. The van der Waals surface area contributed by atoms with Crippen molar-refractivity contribution in [2.75, 3.05) is 38.5 Å². The zero-order valence-corrected chi connectivity index (χ0v) is 23.1. The number of nitrogens with zero attached hydrogens (tertiary/aromatic N) is 7. The highest BCUT2D eigenvalue weighted by Gasteiger charge is 2.40. The van der Waals surface area contributed by atoms with Gasteiger partial charge in [0.25, 0.3) is 5.91 Å².